The molecule has 2 rings (SSSR count). The molecule has 4 nitrogen and oxygen atoms in total. The highest BCUT2D eigenvalue weighted by Gasteiger charge is 2.01. The van der Waals surface area contributed by atoms with Crippen molar-refractivity contribution in [3.8, 4) is 5.88 Å². The number of methoxy groups -OCH3 is 1. The maximum absolute atomic E-state index is 5.12. The third kappa shape index (κ3) is 3.83. The van der Waals surface area contributed by atoms with Gasteiger partial charge in [-0.25, -0.2) is 4.98 Å². The molecule has 0 spiro atoms. The Balaban J connectivity index is 1.87. The van der Waals surface area contributed by atoms with E-state index in [-0.39, 0.29) is 0 Å². The van der Waals surface area contributed by atoms with Crippen LogP contribution in [0.15, 0.2) is 36.7 Å². The predicted octanol–water partition coefficient (Wildman–Crippen LogP) is 2.59. The lowest BCUT2D eigenvalue weighted by Crippen LogP contribution is -2.15. The lowest BCUT2D eigenvalue weighted by atomic mass is 10.2. The van der Waals surface area contributed by atoms with E-state index in [1.165, 1.54) is 11.3 Å². The molecule has 0 saturated heterocycles. The summed E-state index contributed by atoms with van der Waals surface area (Å²) in [5.74, 6) is 0.661. The van der Waals surface area contributed by atoms with Crippen molar-refractivity contribution < 1.29 is 4.74 Å². The molecule has 2 aromatic heterocycles. The van der Waals surface area contributed by atoms with Gasteiger partial charge in [-0.15, -0.1) is 0 Å². The van der Waals surface area contributed by atoms with Gasteiger partial charge >= 0.3 is 0 Å². The van der Waals surface area contributed by atoms with Crippen molar-refractivity contribution >= 4 is 0 Å². The van der Waals surface area contributed by atoms with Gasteiger partial charge in [-0.3, -0.25) is 0 Å². The molecule has 1 N–H and O–H groups in total. The first-order valence-corrected chi connectivity index (χ1v) is 6.67. The van der Waals surface area contributed by atoms with E-state index in [4.69, 9.17) is 4.74 Å². The fourth-order valence-corrected chi connectivity index (χ4v) is 2.08. The molecule has 0 aliphatic rings. The Labute approximate surface area is 114 Å². The van der Waals surface area contributed by atoms with Crippen molar-refractivity contribution in [2.24, 2.45) is 0 Å². The lowest BCUT2D eigenvalue weighted by Gasteiger charge is -2.09. The molecule has 0 amide bonds. The van der Waals surface area contributed by atoms with Crippen molar-refractivity contribution in [2.75, 3.05) is 7.11 Å². The van der Waals surface area contributed by atoms with Crippen LogP contribution in [-0.2, 0) is 19.6 Å². The first-order valence-electron chi connectivity index (χ1n) is 6.67. The zero-order chi connectivity index (χ0) is 13.5. The molecule has 0 aliphatic carbocycles. The van der Waals surface area contributed by atoms with Gasteiger partial charge < -0.3 is 14.6 Å². The van der Waals surface area contributed by atoms with Crippen molar-refractivity contribution in [1.82, 2.24) is 14.9 Å². The molecule has 0 unspecified atom stereocenters. The lowest BCUT2D eigenvalue weighted by molar-refractivity contribution is 0.397. The number of hydrogen-bond donors (Lipinski definition) is 1. The molecular weight excluding hydrogens is 238 g/mol. The largest absolute Gasteiger partial charge is 0.481 e. The van der Waals surface area contributed by atoms with E-state index in [2.05, 4.69) is 40.1 Å². The SMILES string of the molecule is CCCn1cccc1CNCc1ccnc(OC)c1. The molecule has 4 heteroatoms. The molecular formula is C15H21N3O. The van der Waals surface area contributed by atoms with Crippen LogP contribution in [0.1, 0.15) is 24.6 Å². The summed E-state index contributed by atoms with van der Waals surface area (Å²) in [5.41, 5.74) is 2.50. The fourth-order valence-electron chi connectivity index (χ4n) is 2.08. The number of ether oxygens (including phenoxy) is 1. The Hall–Kier alpha value is -1.81. The second-order valence-corrected chi connectivity index (χ2v) is 4.50. The number of aromatic nitrogens is 2. The van der Waals surface area contributed by atoms with E-state index < -0.39 is 0 Å². The van der Waals surface area contributed by atoms with E-state index >= 15 is 0 Å². The quantitative estimate of drug-likeness (QED) is 0.830. The minimum atomic E-state index is 0.661. The molecule has 0 atom stereocenters. The number of rotatable bonds is 7. The molecule has 2 aromatic rings. The van der Waals surface area contributed by atoms with E-state index in [9.17, 15) is 0 Å². The molecule has 102 valence electrons. The van der Waals surface area contributed by atoms with Gasteiger partial charge in [0.25, 0.3) is 0 Å². The number of pyridine rings is 1. The third-order valence-corrected chi connectivity index (χ3v) is 3.03. The van der Waals surface area contributed by atoms with Crippen LogP contribution >= 0.6 is 0 Å². The van der Waals surface area contributed by atoms with E-state index in [0.717, 1.165) is 26.1 Å². The molecule has 2 heterocycles. The zero-order valence-electron chi connectivity index (χ0n) is 11.6. The molecule has 0 saturated carbocycles. The summed E-state index contributed by atoms with van der Waals surface area (Å²) in [5, 5.41) is 3.45. The van der Waals surface area contributed by atoms with Gasteiger partial charge in [0.2, 0.25) is 5.88 Å². The van der Waals surface area contributed by atoms with Gasteiger partial charge in [0.1, 0.15) is 0 Å². The number of aryl methyl sites for hydroxylation is 1. The van der Waals surface area contributed by atoms with Crippen molar-refractivity contribution in [1.29, 1.82) is 0 Å². The number of hydrogen-bond acceptors (Lipinski definition) is 3. The van der Waals surface area contributed by atoms with Crippen LogP contribution < -0.4 is 10.1 Å². The van der Waals surface area contributed by atoms with E-state index in [1.54, 1.807) is 13.3 Å². The minimum Gasteiger partial charge on any atom is -0.481 e. The Morgan fingerprint density at radius 2 is 2.21 bits per heavy atom. The predicted molar refractivity (Wildman–Crippen MR) is 76.1 cm³/mol. The van der Waals surface area contributed by atoms with Crippen LogP contribution in [0.2, 0.25) is 0 Å². The minimum absolute atomic E-state index is 0.661. The first kappa shape index (κ1) is 13.6. The van der Waals surface area contributed by atoms with Crippen molar-refractivity contribution in [3.63, 3.8) is 0 Å². The van der Waals surface area contributed by atoms with Gasteiger partial charge in [-0.05, 0) is 30.2 Å². The van der Waals surface area contributed by atoms with Gasteiger partial charge in [0, 0.05) is 43.8 Å². The highest BCUT2D eigenvalue weighted by atomic mass is 16.5. The van der Waals surface area contributed by atoms with Gasteiger partial charge in [-0.1, -0.05) is 6.92 Å². The summed E-state index contributed by atoms with van der Waals surface area (Å²) in [6.07, 6.45) is 5.06. The van der Waals surface area contributed by atoms with E-state index in [1.807, 2.05) is 12.1 Å². The maximum Gasteiger partial charge on any atom is 0.213 e. The summed E-state index contributed by atoms with van der Waals surface area (Å²) in [6, 6.07) is 8.22. The second kappa shape index (κ2) is 6.95. The molecule has 19 heavy (non-hydrogen) atoms. The Kier molecular flexibility index (Phi) is 4.98. The summed E-state index contributed by atoms with van der Waals surface area (Å²) in [4.78, 5) is 4.10. The number of nitrogens with one attached hydrogen (secondary N) is 1. The highest BCUT2D eigenvalue weighted by Crippen LogP contribution is 2.09. The van der Waals surface area contributed by atoms with Crippen LogP contribution in [0.25, 0.3) is 0 Å². The van der Waals surface area contributed by atoms with Crippen molar-refractivity contribution in [3.05, 3.63) is 47.9 Å². The Morgan fingerprint density at radius 1 is 1.32 bits per heavy atom. The highest BCUT2D eigenvalue weighted by molar-refractivity contribution is 5.20. The standard InChI is InChI=1S/C15H21N3O/c1-3-8-18-9-4-5-14(18)12-16-11-13-6-7-17-15(10-13)19-2/h4-7,9-10,16H,3,8,11-12H2,1-2H3. The normalized spacial score (nSPS) is 10.6. The monoisotopic (exact) mass is 259 g/mol. The summed E-state index contributed by atoms with van der Waals surface area (Å²) < 4.78 is 7.41. The molecule has 0 aliphatic heterocycles. The summed E-state index contributed by atoms with van der Waals surface area (Å²) in [6.45, 7) is 4.96. The van der Waals surface area contributed by atoms with Crippen LogP contribution in [-0.4, -0.2) is 16.7 Å². The van der Waals surface area contributed by atoms with E-state index in [0.29, 0.717) is 5.88 Å². The van der Waals surface area contributed by atoms with Gasteiger partial charge in [0.15, 0.2) is 0 Å². The first-order chi connectivity index (χ1) is 9.33. The molecule has 0 fully saturated rings. The summed E-state index contributed by atoms with van der Waals surface area (Å²) >= 11 is 0. The van der Waals surface area contributed by atoms with Crippen LogP contribution in [0, 0.1) is 0 Å². The molecule has 0 radical (unpaired) electrons. The third-order valence-electron chi connectivity index (χ3n) is 3.03. The fraction of sp³-hybridized carbons (Fsp3) is 0.400. The average molecular weight is 259 g/mol. The van der Waals surface area contributed by atoms with Gasteiger partial charge in [0.05, 0.1) is 7.11 Å². The number of nitrogens with zero attached hydrogens (tertiary/aromatic N) is 2. The summed E-state index contributed by atoms with van der Waals surface area (Å²) in [7, 11) is 1.64. The molecule has 0 bridgehead atoms. The van der Waals surface area contributed by atoms with Crippen molar-refractivity contribution in [2.45, 2.75) is 33.0 Å². The Morgan fingerprint density at radius 3 is 3.00 bits per heavy atom. The zero-order valence-corrected chi connectivity index (χ0v) is 11.6. The van der Waals surface area contributed by atoms with Crippen LogP contribution in [0.4, 0.5) is 0 Å². The van der Waals surface area contributed by atoms with Gasteiger partial charge in [-0.2, -0.15) is 0 Å². The average Bonchev–Trinajstić information content (AvgIpc) is 2.87. The smallest absolute Gasteiger partial charge is 0.213 e. The molecule has 0 aromatic carbocycles. The topological polar surface area (TPSA) is 39.1 Å². The second-order valence-electron chi connectivity index (χ2n) is 4.50. The Bertz CT molecular complexity index is 508. The van der Waals surface area contributed by atoms with Crippen LogP contribution in [0.3, 0.4) is 0 Å². The van der Waals surface area contributed by atoms with Crippen LogP contribution in [0.5, 0.6) is 5.88 Å². The maximum atomic E-state index is 5.12.